The van der Waals surface area contributed by atoms with Crippen LogP contribution in [0, 0.1) is 0 Å². The number of rotatable bonds is 3. The van der Waals surface area contributed by atoms with Crippen LogP contribution >= 0.6 is 0 Å². The van der Waals surface area contributed by atoms with E-state index in [1.807, 2.05) is 30.3 Å². The van der Waals surface area contributed by atoms with Crippen molar-refractivity contribution in [2.45, 2.75) is 19.9 Å². The first kappa shape index (κ1) is 13.1. The van der Waals surface area contributed by atoms with E-state index < -0.39 is 12.0 Å². The van der Waals surface area contributed by atoms with Gasteiger partial charge in [0.05, 0.1) is 12.6 Å². The summed E-state index contributed by atoms with van der Waals surface area (Å²) in [6, 6.07) is 8.78. The van der Waals surface area contributed by atoms with Gasteiger partial charge < -0.3 is 15.4 Å². The number of hydrogen-bond donors (Lipinski definition) is 2. The fraction of sp³-hybridized carbons (Fsp3) is 0.286. The number of carbonyl (C=O) groups excluding carboxylic acids is 2. The van der Waals surface area contributed by atoms with E-state index in [0.717, 1.165) is 11.1 Å². The molecule has 0 aliphatic carbocycles. The Hall–Kier alpha value is -2.30. The van der Waals surface area contributed by atoms with E-state index in [1.54, 1.807) is 13.8 Å². The summed E-state index contributed by atoms with van der Waals surface area (Å²) < 4.78 is 4.94. The van der Waals surface area contributed by atoms with Crippen molar-refractivity contribution in [3.63, 3.8) is 0 Å². The molecule has 1 aromatic rings. The Kier molecular flexibility index (Phi) is 3.85. The van der Waals surface area contributed by atoms with Crippen LogP contribution in [0.15, 0.2) is 41.6 Å². The van der Waals surface area contributed by atoms with Crippen molar-refractivity contribution < 1.29 is 14.3 Å². The number of benzene rings is 1. The maximum atomic E-state index is 11.8. The minimum absolute atomic E-state index is 0.222. The van der Waals surface area contributed by atoms with Crippen molar-refractivity contribution in [3.05, 3.63) is 47.2 Å². The van der Waals surface area contributed by atoms with Crippen LogP contribution < -0.4 is 10.6 Å². The molecular weight excluding hydrogens is 244 g/mol. The topological polar surface area (TPSA) is 67.4 Å². The van der Waals surface area contributed by atoms with E-state index in [9.17, 15) is 9.59 Å². The van der Waals surface area contributed by atoms with Gasteiger partial charge in [0.1, 0.15) is 5.70 Å². The van der Waals surface area contributed by atoms with Gasteiger partial charge in [-0.1, -0.05) is 30.3 Å². The van der Waals surface area contributed by atoms with E-state index >= 15 is 0 Å². The summed E-state index contributed by atoms with van der Waals surface area (Å²) in [5.41, 5.74) is 1.89. The molecule has 0 fully saturated rings. The van der Waals surface area contributed by atoms with Gasteiger partial charge in [-0.3, -0.25) is 0 Å². The molecule has 0 radical (unpaired) electrons. The highest BCUT2D eigenvalue weighted by molar-refractivity contribution is 5.96. The number of urea groups is 1. The SMILES string of the molecule is CCOC(=O)C1=C(C)[C@@H](c2ccccc2)NC(=O)N1. The Balaban J connectivity index is 2.36. The van der Waals surface area contributed by atoms with E-state index in [0.29, 0.717) is 0 Å². The Labute approximate surface area is 111 Å². The van der Waals surface area contributed by atoms with E-state index in [-0.39, 0.29) is 18.3 Å². The molecule has 19 heavy (non-hydrogen) atoms. The number of ether oxygens (including phenoxy) is 1. The van der Waals surface area contributed by atoms with Crippen LogP contribution in [0.3, 0.4) is 0 Å². The smallest absolute Gasteiger partial charge is 0.354 e. The third-order valence-electron chi connectivity index (χ3n) is 2.95. The molecule has 2 N–H and O–H groups in total. The van der Waals surface area contributed by atoms with Crippen LogP contribution in [0.4, 0.5) is 4.79 Å². The highest BCUT2D eigenvalue weighted by atomic mass is 16.5. The molecule has 0 saturated heterocycles. The third kappa shape index (κ3) is 2.76. The molecule has 5 nitrogen and oxygen atoms in total. The van der Waals surface area contributed by atoms with Crippen LogP contribution in [0.2, 0.25) is 0 Å². The lowest BCUT2D eigenvalue weighted by molar-refractivity contribution is -0.139. The molecule has 100 valence electrons. The van der Waals surface area contributed by atoms with Crippen molar-refractivity contribution in [2.24, 2.45) is 0 Å². The molecule has 0 saturated carbocycles. The third-order valence-corrected chi connectivity index (χ3v) is 2.95. The van der Waals surface area contributed by atoms with Crippen LogP contribution in [0.25, 0.3) is 0 Å². The van der Waals surface area contributed by atoms with Crippen molar-refractivity contribution in [2.75, 3.05) is 6.61 Å². The van der Waals surface area contributed by atoms with Crippen LogP contribution in [-0.2, 0) is 9.53 Å². The van der Waals surface area contributed by atoms with E-state index in [2.05, 4.69) is 10.6 Å². The van der Waals surface area contributed by atoms with Gasteiger partial charge in [-0.15, -0.1) is 0 Å². The standard InChI is InChI=1S/C14H16N2O3/c1-3-19-13(17)12-9(2)11(15-14(18)16-12)10-7-5-4-6-8-10/h4-8,11H,3H2,1-2H3,(H2,15,16,18)/t11-/m0/s1. The van der Waals surface area contributed by atoms with E-state index in [1.165, 1.54) is 0 Å². The molecule has 0 aromatic heterocycles. The predicted octanol–water partition coefficient (Wildman–Crippen LogP) is 1.88. The summed E-state index contributed by atoms with van der Waals surface area (Å²) in [4.78, 5) is 23.5. The van der Waals surface area contributed by atoms with Crippen LogP contribution in [0.5, 0.6) is 0 Å². The monoisotopic (exact) mass is 260 g/mol. The maximum absolute atomic E-state index is 11.8. The summed E-state index contributed by atoms with van der Waals surface area (Å²) in [6.07, 6.45) is 0. The highest BCUT2D eigenvalue weighted by Gasteiger charge is 2.29. The molecule has 0 unspecified atom stereocenters. The first-order valence-corrected chi connectivity index (χ1v) is 6.13. The lowest BCUT2D eigenvalue weighted by atomic mass is 9.97. The van der Waals surface area contributed by atoms with Gasteiger partial charge >= 0.3 is 12.0 Å². The number of hydrogen-bond acceptors (Lipinski definition) is 3. The molecule has 0 bridgehead atoms. The Morgan fingerprint density at radius 3 is 2.63 bits per heavy atom. The van der Waals surface area contributed by atoms with Gasteiger partial charge in [0.2, 0.25) is 0 Å². The van der Waals surface area contributed by atoms with Gasteiger partial charge in [-0.05, 0) is 25.0 Å². The number of carbonyl (C=O) groups is 2. The highest BCUT2D eigenvalue weighted by Crippen LogP contribution is 2.26. The minimum Gasteiger partial charge on any atom is -0.461 e. The lowest BCUT2D eigenvalue weighted by Gasteiger charge is -2.27. The first-order valence-electron chi connectivity index (χ1n) is 6.13. The zero-order chi connectivity index (χ0) is 13.8. The molecule has 1 aromatic carbocycles. The molecule has 2 rings (SSSR count). The Bertz CT molecular complexity index is 523. The first-order chi connectivity index (χ1) is 9.13. The molecule has 1 aliphatic rings. The number of esters is 1. The summed E-state index contributed by atoms with van der Waals surface area (Å²) in [5.74, 6) is -0.504. The predicted molar refractivity (Wildman–Crippen MR) is 70.2 cm³/mol. The van der Waals surface area contributed by atoms with Crippen LogP contribution in [0.1, 0.15) is 25.5 Å². The second-order valence-corrected chi connectivity index (χ2v) is 4.22. The second kappa shape index (κ2) is 5.56. The second-order valence-electron chi connectivity index (χ2n) is 4.22. The summed E-state index contributed by atoms with van der Waals surface area (Å²) in [5, 5.41) is 5.30. The van der Waals surface area contributed by atoms with Crippen molar-refractivity contribution in [1.29, 1.82) is 0 Å². The lowest BCUT2D eigenvalue weighted by Crippen LogP contribution is -2.45. The molecule has 5 heteroatoms. The molecule has 0 spiro atoms. The fourth-order valence-electron chi connectivity index (χ4n) is 2.03. The molecular formula is C14H16N2O3. The zero-order valence-electron chi connectivity index (χ0n) is 10.9. The minimum atomic E-state index is -0.504. The van der Waals surface area contributed by atoms with Gasteiger partial charge in [-0.2, -0.15) is 0 Å². The van der Waals surface area contributed by atoms with Crippen molar-refractivity contribution in [1.82, 2.24) is 10.6 Å². The van der Waals surface area contributed by atoms with Crippen LogP contribution in [-0.4, -0.2) is 18.6 Å². The number of amides is 2. The quantitative estimate of drug-likeness (QED) is 0.815. The molecule has 1 atom stereocenters. The zero-order valence-corrected chi connectivity index (χ0v) is 10.9. The van der Waals surface area contributed by atoms with Crippen molar-refractivity contribution >= 4 is 12.0 Å². The fourth-order valence-corrected chi connectivity index (χ4v) is 2.03. The van der Waals surface area contributed by atoms with Gasteiger partial charge in [0.15, 0.2) is 0 Å². The maximum Gasteiger partial charge on any atom is 0.354 e. The molecule has 1 aliphatic heterocycles. The average molecular weight is 260 g/mol. The Morgan fingerprint density at radius 1 is 1.32 bits per heavy atom. The molecule has 2 amide bonds. The summed E-state index contributed by atoms with van der Waals surface area (Å²) >= 11 is 0. The van der Waals surface area contributed by atoms with Crippen molar-refractivity contribution in [3.8, 4) is 0 Å². The van der Waals surface area contributed by atoms with Gasteiger partial charge in [0, 0.05) is 0 Å². The Morgan fingerprint density at radius 2 is 2.00 bits per heavy atom. The number of nitrogens with one attached hydrogen (secondary N) is 2. The average Bonchev–Trinajstić information content (AvgIpc) is 2.42. The van der Waals surface area contributed by atoms with Gasteiger partial charge in [-0.25, -0.2) is 9.59 Å². The summed E-state index contributed by atoms with van der Waals surface area (Å²) in [6.45, 7) is 3.80. The summed E-state index contributed by atoms with van der Waals surface area (Å²) in [7, 11) is 0. The van der Waals surface area contributed by atoms with Gasteiger partial charge in [0.25, 0.3) is 0 Å². The molecule has 1 heterocycles. The largest absolute Gasteiger partial charge is 0.461 e. The van der Waals surface area contributed by atoms with E-state index in [4.69, 9.17) is 4.74 Å². The normalized spacial score (nSPS) is 18.6.